The first-order valence-corrected chi connectivity index (χ1v) is 10.1. The van der Waals surface area contributed by atoms with E-state index in [-0.39, 0.29) is 29.3 Å². The van der Waals surface area contributed by atoms with Gasteiger partial charge >= 0.3 is 5.95 Å². The monoisotopic (exact) mass is 525 g/mol. The number of ketones is 1. The van der Waals surface area contributed by atoms with E-state index in [0.717, 1.165) is 26.9 Å². The molecule has 0 saturated heterocycles. The van der Waals surface area contributed by atoms with Crippen LogP contribution in [-0.2, 0) is 13.6 Å². The molecule has 0 unspecified atom stereocenters. The van der Waals surface area contributed by atoms with E-state index in [1.165, 1.54) is 0 Å². The van der Waals surface area contributed by atoms with E-state index in [2.05, 4.69) is 28.1 Å². The largest absolute Gasteiger partial charge is 1.00 e. The number of carbonyl (C=O) groups excluding carboxylic acids is 1. The lowest BCUT2D eigenvalue weighted by Crippen LogP contribution is -3.00. The molecule has 6 heteroatoms. The molecule has 2 N–H and O–H groups in total. The van der Waals surface area contributed by atoms with Crippen LogP contribution in [-0.4, -0.2) is 10.4 Å². The van der Waals surface area contributed by atoms with E-state index >= 15 is 0 Å². The van der Waals surface area contributed by atoms with Gasteiger partial charge in [0.15, 0.2) is 5.78 Å². The molecule has 0 radical (unpaired) electrons. The van der Waals surface area contributed by atoms with Crippen LogP contribution in [0.25, 0.3) is 22.4 Å². The summed E-state index contributed by atoms with van der Waals surface area (Å²) < 4.78 is 4.69. The highest BCUT2D eigenvalue weighted by Crippen LogP contribution is 2.24. The van der Waals surface area contributed by atoms with Crippen molar-refractivity contribution in [2.45, 2.75) is 6.54 Å². The van der Waals surface area contributed by atoms with E-state index in [0.29, 0.717) is 11.5 Å². The standard InChI is InChI=1S/C24H20BrN3O.BrH/c1-27-22(20-8-5-9-21(25)14-20)15-28(24(27)26)16-23(29)19-12-10-18(11-13-19)17-6-3-2-4-7-17;/h2-15,26H,16H2,1H3;1H. The van der Waals surface area contributed by atoms with Crippen molar-refractivity contribution >= 4 is 27.7 Å². The van der Waals surface area contributed by atoms with Gasteiger partial charge in [-0.25, -0.2) is 9.13 Å². The van der Waals surface area contributed by atoms with Gasteiger partial charge in [0.1, 0.15) is 18.4 Å². The summed E-state index contributed by atoms with van der Waals surface area (Å²) in [6.45, 7) is 0.193. The van der Waals surface area contributed by atoms with Crippen LogP contribution < -0.4 is 27.3 Å². The van der Waals surface area contributed by atoms with Crippen LogP contribution in [0.15, 0.2) is 89.5 Å². The number of nitrogens with two attached hydrogens (primary N) is 1. The van der Waals surface area contributed by atoms with Gasteiger partial charge in [0.25, 0.3) is 0 Å². The molecule has 0 aliphatic heterocycles. The van der Waals surface area contributed by atoms with Crippen molar-refractivity contribution in [2.75, 3.05) is 5.73 Å². The van der Waals surface area contributed by atoms with Gasteiger partial charge in [-0.3, -0.25) is 10.5 Å². The maximum atomic E-state index is 12.8. The molecule has 1 heterocycles. The quantitative estimate of drug-likeness (QED) is 0.319. The Morgan fingerprint density at radius 1 is 0.933 bits per heavy atom. The molecule has 4 rings (SSSR count). The number of nitrogen functional groups attached to an aromatic ring is 1. The zero-order chi connectivity index (χ0) is 20.4. The number of Topliss-reactive ketones (excluding diaryl/α,β-unsaturated/α-hetero) is 1. The summed E-state index contributed by atoms with van der Waals surface area (Å²) in [5.41, 5.74) is 11.1. The second-order valence-electron chi connectivity index (χ2n) is 6.94. The summed E-state index contributed by atoms with van der Waals surface area (Å²) in [6.07, 6.45) is 1.92. The van der Waals surface area contributed by atoms with Crippen molar-refractivity contribution in [1.29, 1.82) is 0 Å². The predicted molar refractivity (Wildman–Crippen MR) is 119 cm³/mol. The number of benzene rings is 3. The number of nitrogens with zero attached hydrogens (tertiary/aromatic N) is 2. The highest BCUT2D eigenvalue weighted by Gasteiger charge is 2.20. The second-order valence-corrected chi connectivity index (χ2v) is 7.85. The van der Waals surface area contributed by atoms with E-state index in [1.807, 2.05) is 84.5 Å². The minimum Gasteiger partial charge on any atom is -1.00 e. The molecule has 30 heavy (non-hydrogen) atoms. The SMILES string of the molecule is Cn1c(-c2cccc(Br)c2)c[n+](CC(=O)c2ccc(-c3ccccc3)cc2)c1N.[Br-]. The van der Waals surface area contributed by atoms with Crippen LogP contribution in [0, 0.1) is 0 Å². The predicted octanol–water partition coefficient (Wildman–Crippen LogP) is 1.88. The first-order chi connectivity index (χ1) is 14.0. The molecule has 0 fully saturated rings. The van der Waals surface area contributed by atoms with Crippen molar-refractivity contribution in [3.63, 3.8) is 0 Å². The van der Waals surface area contributed by atoms with Gasteiger partial charge in [-0.1, -0.05) is 82.7 Å². The number of anilines is 1. The van der Waals surface area contributed by atoms with Crippen LogP contribution in [0.4, 0.5) is 5.95 Å². The fourth-order valence-electron chi connectivity index (χ4n) is 3.38. The lowest BCUT2D eigenvalue weighted by Gasteiger charge is -2.04. The zero-order valence-electron chi connectivity index (χ0n) is 16.4. The number of halogens is 2. The number of hydrogen-bond donors (Lipinski definition) is 1. The molecule has 0 saturated carbocycles. The third kappa shape index (κ3) is 4.55. The summed E-state index contributed by atoms with van der Waals surface area (Å²) in [6, 6.07) is 25.8. The molecule has 0 atom stereocenters. The van der Waals surface area contributed by atoms with Gasteiger partial charge in [0.2, 0.25) is 0 Å². The number of rotatable bonds is 5. The lowest BCUT2D eigenvalue weighted by atomic mass is 10.0. The Hall–Kier alpha value is -2.70. The van der Waals surface area contributed by atoms with Crippen LogP contribution in [0.1, 0.15) is 10.4 Å². The number of aromatic nitrogens is 2. The Balaban J connectivity index is 0.00000256. The van der Waals surface area contributed by atoms with E-state index in [9.17, 15) is 4.79 Å². The second kappa shape index (κ2) is 9.41. The van der Waals surface area contributed by atoms with Crippen molar-refractivity contribution in [2.24, 2.45) is 7.05 Å². The van der Waals surface area contributed by atoms with Gasteiger partial charge in [0, 0.05) is 15.6 Å². The van der Waals surface area contributed by atoms with Crippen molar-refractivity contribution in [1.82, 2.24) is 4.57 Å². The lowest BCUT2D eigenvalue weighted by molar-refractivity contribution is -0.667. The molecular weight excluding hydrogens is 506 g/mol. The minimum absolute atomic E-state index is 0. The van der Waals surface area contributed by atoms with Crippen LogP contribution in [0.3, 0.4) is 0 Å². The summed E-state index contributed by atoms with van der Waals surface area (Å²) in [5, 5.41) is 0. The molecule has 0 spiro atoms. The first kappa shape index (κ1) is 22.0. The van der Waals surface area contributed by atoms with Crippen molar-refractivity contribution in [3.8, 4) is 22.4 Å². The molecule has 4 aromatic rings. The normalized spacial score (nSPS) is 10.5. The summed E-state index contributed by atoms with van der Waals surface area (Å²) in [5.74, 6) is 0.557. The molecule has 1 aromatic heterocycles. The fraction of sp³-hybridized carbons (Fsp3) is 0.0833. The van der Waals surface area contributed by atoms with Crippen LogP contribution >= 0.6 is 15.9 Å². The zero-order valence-corrected chi connectivity index (χ0v) is 19.6. The van der Waals surface area contributed by atoms with E-state index in [1.54, 1.807) is 4.57 Å². The highest BCUT2D eigenvalue weighted by molar-refractivity contribution is 9.10. The van der Waals surface area contributed by atoms with E-state index < -0.39 is 0 Å². The van der Waals surface area contributed by atoms with Gasteiger partial charge < -0.3 is 17.0 Å². The number of carbonyl (C=O) groups is 1. The molecule has 0 aliphatic carbocycles. The Bertz CT molecular complexity index is 1170. The first-order valence-electron chi connectivity index (χ1n) is 9.32. The van der Waals surface area contributed by atoms with E-state index in [4.69, 9.17) is 5.73 Å². The third-order valence-electron chi connectivity index (χ3n) is 5.03. The smallest absolute Gasteiger partial charge is 0.355 e. The maximum Gasteiger partial charge on any atom is 0.355 e. The Kier molecular flexibility index (Phi) is 6.90. The Morgan fingerprint density at radius 2 is 1.57 bits per heavy atom. The van der Waals surface area contributed by atoms with Crippen LogP contribution in [0.2, 0.25) is 0 Å². The molecular formula is C24H21Br2N3O. The Labute approximate surface area is 194 Å². The molecule has 4 nitrogen and oxygen atoms in total. The maximum absolute atomic E-state index is 12.8. The van der Waals surface area contributed by atoms with Crippen molar-refractivity contribution in [3.05, 3.63) is 95.1 Å². The molecule has 0 amide bonds. The van der Waals surface area contributed by atoms with Gasteiger partial charge in [-0.2, -0.15) is 0 Å². The fourth-order valence-corrected chi connectivity index (χ4v) is 3.78. The van der Waals surface area contributed by atoms with Gasteiger partial charge in [-0.05, 0) is 23.3 Å². The molecule has 0 bridgehead atoms. The van der Waals surface area contributed by atoms with Crippen molar-refractivity contribution < 1.29 is 26.3 Å². The summed E-state index contributed by atoms with van der Waals surface area (Å²) in [4.78, 5) is 12.8. The highest BCUT2D eigenvalue weighted by atomic mass is 79.9. The van der Waals surface area contributed by atoms with Gasteiger partial charge in [-0.15, -0.1) is 0 Å². The topological polar surface area (TPSA) is 51.9 Å². The minimum atomic E-state index is 0. The van der Waals surface area contributed by atoms with Crippen LogP contribution in [0.5, 0.6) is 0 Å². The number of hydrogen-bond acceptors (Lipinski definition) is 2. The summed E-state index contributed by atoms with van der Waals surface area (Å²) >= 11 is 3.50. The molecule has 152 valence electrons. The third-order valence-corrected chi connectivity index (χ3v) is 5.52. The average molecular weight is 527 g/mol. The summed E-state index contributed by atoms with van der Waals surface area (Å²) in [7, 11) is 1.90. The Morgan fingerprint density at radius 3 is 2.23 bits per heavy atom. The molecule has 0 aliphatic rings. The number of imidazole rings is 1. The average Bonchev–Trinajstić information content (AvgIpc) is 3.03. The van der Waals surface area contributed by atoms with Gasteiger partial charge in [0.05, 0.1) is 7.05 Å². The molecule has 3 aromatic carbocycles.